The molecule has 10 heteroatoms. The van der Waals surface area contributed by atoms with Crippen LogP contribution in [0.3, 0.4) is 0 Å². The monoisotopic (exact) mass is 484 g/mol. The fourth-order valence-electron chi connectivity index (χ4n) is 3.97. The van der Waals surface area contributed by atoms with Crippen LogP contribution in [0.1, 0.15) is 40.8 Å². The zero-order chi connectivity index (χ0) is 24.4. The van der Waals surface area contributed by atoms with E-state index in [0.29, 0.717) is 6.61 Å². The zero-order valence-electron chi connectivity index (χ0n) is 21.4. The Hall–Kier alpha value is -1.05. The summed E-state index contributed by atoms with van der Waals surface area (Å²) in [6.45, 7) is 21.4. The molecule has 0 N–H and O–H groups in total. The molecule has 0 bridgehead atoms. The average molecular weight is 485 g/mol. The van der Waals surface area contributed by atoms with Crippen LogP contribution in [-0.2, 0) is 25.7 Å². The Morgan fingerprint density at radius 3 is 2.16 bits per heavy atom. The third-order valence-electron chi connectivity index (χ3n) is 6.91. The Morgan fingerprint density at radius 1 is 1.06 bits per heavy atom. The zero-order valence-corrected chi connectivity index (χ0v) is 23.4. The summed E-state index contributed by atoms with van der Waals surface area (Å²) in [4.78, 5) is 25.7. The lowest BCUT2D eigenvalue weighted by Crippen LogP contribution is -2.57. The molecule has 0 aliphatic carbocycles. The summed E-state index contributed by atoms with van der Waals surface area (Å²) in [7, 11) is -2.57. The number of fused-ring (bicyclic) bond motifs is 1. The van der Waals surface area contributed by atoms with Gasteiger partial charge >= 0.3 is 5.69 Å². The Balaban J connectivity index is 2.03. The molecule has 32 heavy (non-hydrogen) atoms. The van der Waals surface area contributed by atoms with Gasteiger partial charge in [0.15, 0.2) is 20.3 Å². The number of aromatic nitrogens is 2. The van der Waals surface area contributed by atoms with Crippen LogP contribution in [0, 0.1) is 0 Å². The highest BCUT2D eigenvalue weighted by Crippen LogP contribution is 2.44. The minimum Gasteiger partial charge on any atom is -0.414 e. The topological polar surface area (TPSA) is 80.9 Å². The highest BCUT2D eigenvalue weighted by Gasteiger charge is 2.57. The molecule has 2 fully saturated rings. The van der Waals surface area contributed by atoms with Crippen LogP contribution < -0.4 is 16.6 Å². The molecule has 8 nitrogen and oxygen atoms in total. The second-order valence-electron chi connectivity index (χ2n) is 12.0. The lowest BCUT2D eigenvalue weighted by atomic mass is 10.1. The van der Waals surface area contributed by atoms with Crippen LogP contribution in [0.25, 0.3) is 0 Å². The van der Waals surface area contributed by atoms with Crippen molar-refractivity contribution in [1.82, 2.24) is 9.13 Å². The average Bonchev–Trinajstić information content (AvgIpc) is 3.09. The highest BCUT2D eigenvalue weighted by atomic mass is 28.4. The Kier molecular flexibility index (Phi) is 6.41. The van der Waals surface area contributed by atoms with E-state index < -0.39 is 40.2 Å². The van der Waals surface area contributed by atoms with Gasteiger partial charge in [0.05, 0.1) is 14.7 Å². The van der Waals surface area contributed by atoms with Crippen molar-refractivity contribution in [3.63, 3.8) is 0 Å². The van der Waals surface area contributed by atoms with Gasteiger partial charge in [-0.15, -0.1) is 0 Å². The third kappa shape index (κ3) is 4.62. The van der Waals surface area contributed by atoms with Crippen molar-refractivity contribution in [1.29, 1.82) is 0 Å². The summed E-state index contributed by atoms with van der Waals surface area (Å²) in [5.41, 5.74) is -0.696. The Bertz CT molecular complexity index is 986. The Labute approximate surface area is 193 Å². The lowest BCUT2D eigenvalue weighted by molar-refractivity contribution is -0.199. The molecular formula is C22H40N2O6Si2. The minimum atomic E-state index is -2.06. The fraction of sp³-hybridized carbons (Fsp3) is 0.818. The first-order valence-electron chi connectivity index (χ1n) is 11.3. The molecule has 0 radical (unpaired) electrons. The highest BCUT2D eigenvalue weighted by molar-refractivity contribution is 6.88. The summed E-state index contributed by atoms with van der Waals surface area (Å²) in [6, 6.07) is 1.58. The second-order valence-corrected chi connectivity index (χ2v) is 21.9. The first kappa shape index (κ1) is 25.6. The quantitative estimate of drug-likeness (QED) is 0.598. The summed E-state index contributed by atoms with van der Waals surface area (Å²) in [6.07, 6.45) is -1.89. The van der Waals surface area contributed by atoms with Gasteiger partial charge < -0.3 is 18.6 Å². The van der Waals surface area contributed by atoms with Crippen molar-refractivity contribution in [2.24, 2.45) is 7.05 Å². The number of hydrogen-bond acceptors (Lipinski definition) is 6. The van der Waals surface area contributed by atoms with Gasteiger partial charge in [-0.25, -0.2) is 4.79 Å². The normalized spacial score (nSPS) is 28.2. The second kappa shape index (κ2) is 8.02. The van der Waals surface area contributed by atoms with E-state index in [4.69, 9.17) is 18.6 Å². The molecule has 1 aromatic heterocycles. The van der Waals surface area contributed by atoms with Crippen LogP contribution in [-0.4, -0.2) is 56.2 Å². The van der Waals surface area contributed by atoms with Crippen LogP contribution >= 0.6 is 0 Å². The van der Waals surface area contributed by atoms with Crippen LogP contribution in [0.5, 0.6) is 0 Å². The van der Waals surface area contributed by atoms with Gasteiger partial charge in [0, 0.05) is 18.4 Å². The molecule has 3 rings (SSSR count). The van der Waals surface area contributed by atoms with Crippen molar-refractivity contribution in [3.8, 4) is 0 Å². The Morgan fingerprint density at radius 2 is 1.62 bits per heavy atom. The van der Waals surface area contributed by atoms with Gasteiger partial charge in [-0.1, -0.05) is 40.4 Å². The van der Waals surface area contributed by atoms with Crippen molar-refractivity contribution >= 4 is 21.7 Å². The van der Waals surface area contributed by atoms with E-state index in [1.807, 2.05) is 13.8 Å². The number of nitrogens with zero attached hydrogens (tertiary/aromatic N) is 2. The predicted molar refractivity (Wildman–Crippen MR) is 130 cm³/mol. The third-order valence-corrected chi connectivity index (χ3v) is 13.3. The van der Waals surface area contributed by atoms with E-state index in [9.17, 15) is 9.59 Å². The summed E-state index contributed by atoms with van der Waals surface area (Å²) >= 11 is 0. The van der Waals surface area contributed by atoms with Crippen molar-refractivity contribution < 1.29 is 18.6 Å². The van der Waals surface area contributed by atoms with E-state index in [1.54, 1.807) is 10.6 Å². The van der Waals surface area contributed by atoms with Crippen LogP contribution in [0.15, 0.2) is 15.7 Å². The van der Waals surface area contributed by atoms with Crippen LogP contribution in [0.2, 0.25) is 37.8 Å². The predicted octanol–water partition coefficient (Wildman–Crippen LogP) is 2.53. The molecule has 0 unspecified atom stereocenters. The molecule has 2 saturated heterocycles. The van der Waals surface area contributed by atoms with Gasteiger partial charge in [0.2, 0.25) is 0 Å². The maximum Gasteiger partial charge on any atom is 0.332 e. The van der Waals surface area contributed by atoms with Gasteiger partial charge in [0.25, 0.3) is 5.56 Å². The molecule has 0 amide bonds. The van der Waals surface area contributed by atoms with Crippen molar-refractivity contribution in [2.45, 2.75) is 103 Å². The van der Waals surface area contributed by atoms with Gasteiger partial charge in [0.1, 0.15) is 18.3 Å². The molecule has 182 valence electrons. The maximum atomic E-state index is 13.3. The molecule has 3 heterocycles. The standard InChI is InChI=1S/C22H40N2O6Si2/c1-21(2,3)32(10,11)27-13-14-17-18(30-22(4,5)29-17)19(28-14)24-16(31(7,8)9)12-15(25)23(6)20(24)26/h12,14,17-19H,13H2,1-11H3/t14-,17-,18-,19-/m1/s1. The molecule has 2 aliphatic rings. The van der Waals surface area contributed by atoms with E-state index in [-0.39, 0.29) is 22.8 Å². The van der Waals surface area contributed by atoms with E-state index in [0.717, 1.165) is 9.88 Å². The number of ether oxygens (including phenoxy) is 3. The van der Waals surface area contributed by atoms with E-state index in [2.05, 4.69) is 53.5 Å². The molecular weight excluding hydrogens is 444 g/mol. The molecule has 2 aliphatic heterocycles. The van der Waals surface area contributed by atoms with Crippen molar-refractivity contribution in [2.75, 3.05) is 6.61 Å². The minimum absolute atomic E-state index is 0.0658. The number of rotatable bonds is 5. The fourth-order valence-corrected chi connectivity index (χ4v) is 6.49. The molecule has 1 aromatic rings. The van der Waals surface area contributed by atoms with E-state index >= 15 is 0 Å². The SMILES string of the molecule is Cn1c(=O)cc([Si](C)(C)C)n([C@@H]2O[C@H](CO[Si](C)(C)C(C)(C)C)[C@H]3OC(C)(C)O[C@H]32)c1=O. The van der Waals surface area contributed by atoms with Crippen LogP contribution in [0.4, 0.5) is 0 Å². The molecule has 0 aromatic carbocycles. The summed E-state index contributed by atoms with van der Waals surface area (Å²) < 4.78 is 28.1. The van der Waals surface area contributed by atoms with Gasteiger partial charge in [-0.3, -0.25) is 13.9 Å². The largest absolute Gasteiger partial charge is 0.414 e. The number of hydrogen-bond donors (Lipinski definition) is 0. The van der Waals surface area contributed by atoms with Gasteiger partial charge in [-0.05, 0) is 32.0 Å². The summed E-state index contributed by atoms with van der Waals surface area (Å²) in [5, 5.41) is 0.810. The smallest absolute Gasteiger partial charge is 0.332 e. The first-order chi connectivity index (χ1) is 14.4. The molecule has 0 saturated carbocycles. The lowest BCUT2D eigenvalue weighted by Gasteiger charge is -2.37. The van der Waals surface area contributed by atoms with Gasteiger partial charge in [-0.2, -0.15) is 0 Å². The first-order valence-corrected chi connectivity index (χ1v) is 17.7. The maximum absolute atomic E-state index is 13.3. The molecule has 0 spiro atoms. The van der Waals surface area contributed by atoms with Crippen molar-refractivity contribution in [3.05, 3.63) is 26.9 Å². The van der Waals surface area contributed by atoms with E-state index in [1.165, 1.54) is 7.05 Å². The summed E-state index contributed by atoms with van der Waals surface area (Å²) in [5.74, 6) is -0.795. The molecule has 4 atom stereocenters.